The van der Waals surface area contributed by atoms with E-state index in [-0.39, 0.29) is 6.04 Å². The van der Waals surface area contributed by atoms with E-state index in [1.807, 2.05) is 13.8 Å². The standard InChI is InChI=1S/C11H21N5O2/c1-4-18-7-11-14-9(5-10(15-11)16-12)13-8(2)6-17-3/h5,8H,4,6-7,12H2,1-3H3,(H2,13,14,15,16). The third kappa shape index (κ3) is 4.82. The van der Waals surface area contributed by atoms with Crippen LogP contribution in [0.5, 0.6) is 0 Å². The monoisotopic (exact) mass is 255 g/mol. The number of nitrogens with one attached hydrogen (secondary N) is 2. The molecular formula is C11H21N5O2. The van der Waals surface area contributed by atoms with Gasteiger partial charge in [0.25, 0.3) is 0 Å². The SMILES string of the molecule is CCOCc1nc(NN)cc(NC(C)COC)n1. The van der Waals surface area contributed by atoms with E-state index in [4.69, 9.17) is 15.3 Å². The molecule has 0 spiro atoms. The Bertz CT molecular complexity index is 361. The molecule has 0 amide bonds. The molecule has 18 heavy (non-hydrogen) atoms. The van der Waals surface area contributed by atoms with E-state index < -0.39 is 0 Å². The maximum absolute atomic E-state index is 5.37. The van der Waals surface area contributed by atoms with Crippen LogP contribution < -0.4 is 16.6 Å². The fourth-order valence-corrected chi connectivity index (χ4v) is 1.45. The van der Waals surface area contributed by atoms with Crippen LogP contribution in [-0.2, 0) is 16.1 Å². The molecule has 0 bridgehead atoms. The van der Waals surface area contributed by atoms with Gasteiger partial charge in [-0.25, -0.2) is 15.8 Å². The average Bonchev–Trinajstić information content (AvgIpc) is 2.36. The summed E-state index contributed by atoms with van der Waals surface area (Å²) in [5.41, 5.74) is 2.51. The number of ether oxygens (including phenoxy) is 2. The Labute approximate surface area is 107 Å². The van der Waals surface area contributed by atoms with E-state index in [0.29, 0.717) is 37.3 Å². The van der Waals surface area contributed by atoms with Gasteiger partial charge in [-0.3, -0.25) is 0 Å². The van der Waals surface area contributed by atoms with Crippen LogP contribution in [0.4, 0.5) is 11.6 Å². The number of rotatable bonds is 8. The molecular weight excluding hydrogens is 234 g/mol. The second-order valence-electron chi connectivity index (χ2n) is 3.84. The first-order valence-electron chi connectivity index (χ1n) is 5.87. The molecule has 7 nitrogen and oxygen atoms in total. The molecule has 0 aromatic carbocycles. The molecule has 1 unspecified atom stereocenters. The predicted octanol–water partition coefficient (Wildman–Crippen LogP) is 0.745. The summed E-state index contributed by atoms with van der Waals surface area (Å²) < 4.78 is 10.3. The van der Waals surface area contributed by atoms with Crippen molar-refractivity contribution in [2.24, 2.45) is 5.84 Å². The Morgan fingerprint density at radius 1 is 1.39 bits per heavy atom. The van der Waals surface area contributed by atoms with Gasteiger partial charge in [0.05, 0.1) is 6.61 Å². The summed E-state index contributed by atoms with van der Waals surface area (Å²) in [5, 5.41) is 3.21. The number of hydrazine groups is 1. The highest BCUT2D eigenvalue weighted by Crippen LogP contribution is 2.12. The third-order valence-corrected chi connectivity index (χ3v) is 2.17. The highest BCUT2D eigenvalue weighted by molar-refractivity contribution is 5.47. The van der Waals surface area contributed by atoms with Gasteiger partial charge in [-0.15, -0.1) is 0 Å². The maximum atomic E-state index is 5.37. The van der Waals surface area contributed by atoms with Gasteiger partial charge in [-0.1, -0.05) is 0 Å². The van der Waals surface area contributed by atoms with Crippen LogP contribution in [0, 0.1) is 0 Å². The molecule has 1 aromatic rings. The lowest BCUT2D eigenvalue weighted by Gasteiger charge is -2.14. The molecule has 1 rings (SSSR count). The van der Waals surface area contributed by atoms with Crippen LogP contribution in [0.1, 0.15) is 19.7 Å². The summed E-state index contributed by atoms with van der Waals surface area (Å²) in [6, 6.07) is 1.89. The molecule has 0 aliphatic rings. The summed E-state index contributed by atoms with van der Waals surface area (Å²) in [4.78, 5) is 8.54. The molecule has 0 saturated heterocycles. The Morgan fingerprint density at radius 3 is 2.72 bits per heavy atom. The van der Waals surface area contributed by atoms with Gasteiger partial charge in [-0.2, -0.15) is 0 Å². The Morgan fingerprint density at radius 2 is 2.11 bits per heavy atom. The van der Waals surface area contributed by atoms with Gasteiger partial charge < -0.3 is 20.2 Å². The van der Waals surface area contributed by atoms with E-state index in [1.54, 1.807) is 13.2 Å². The summed E-state index contributed by atoms with van der Waals surface area (Å²) >= 11 is 0. The van der Waals surface area contributed by atoms with E-state index >= 15 is 0 Å². The molecule has 0 fully saturated rings. The summed E-state index contributed by atoms with van der Waals surface area (Å²) in [5.74, 6) is 7.19. The molecule has 4 N–H and O–H groups in total. The van der Waals surface area contributed by atoms with Crippen molar-refractivity contribution in [1.82, 2.24) is 9.97 Å². The van der Waals surface area contributed by atoms with Crippen molar-refractivity contribution in [2.75, 3.05) is 31.1 Å². The fraction of sp³-hybridized carbons (Fsp3) is 0.636. The smallest absolute Gasteiger partial charge is 0.158 e. The number of hydrogen-bond donors (Lipinski definition) is 3. The van der Waals surface area contributed by atoms with Gasteiger partial charge in [-0.05, 0) is 13.8 Å². The number of nitrogen functional groups attached to an aromatic ring is 1. The first-order valence-corrected chi connectivity index (χ1v) is 5.87. The van der Waals surface area contributed by atoms with Crippen molar-refractivity contribution in [3.63, 3.8) is 0 Å². The zero-order valence-corrected chi connectivity index (χ0v) is 11.1. The summed E-state index contributed by atoms with van der Waals surface area (Å²) in [7, 11) is 1.66. The number of hydrogen-bond acceptors (Lipinski definition) is 7. The van der Waals surface area contributed by atoms with E-state index in [0.717, 1.165) is 0 Å². The van der Waals surface area contributed by atoms with Crippen LogP contribution in [0.25, 0.3) is 0 Å². The lowest BCUT2D eigenvalue weighted by Crippen LogP contribution is -2.22. The minimum Gasteiger partial charge on any atom is -0.383 e. The zero-order chi connectivity index (χ0) is 13.4. The second-order valence-corrected chi connectivity index (χ2v) is 3.84. The maximum Gasteiger partial charge on any atom is 0.158 e. The van der Waals surface area contributed by atoms with Gasteiger partial charge in [0.1, 0.15) is 18.2 Å². The van der Waals surface area contributed by atoms with Gasteiger partial charge in [0.2, 0.25) is 0 Å². The first kappa shape index (κ1) is 14.6. The number of nitrogens with zero attached hydrogens (tertiary/aromatic N) is 2. The molecule has 102 valence electrons. The predicted molar refractivity (Wildman–Crippen MR) is 70.1 cm³/mol. The Kier molecular flexibility index (Phi) is 6.34. The van der Waals surface area contributed by atoms with Crippen LogP contribution in [-0.4, -0.2) is 36.3 Å². The largest absolute Gasteiger partial charge is 0.383 e. The lowest BCUT2D eigenvalue weighted by atomic mass is 10.3. The number of nitrogens with two attached hydrogens (primary N) is 1. The number of anilines is 2. The molecule has 1 heterocycles. The minimum absolute atomic E-state index is 0.149. The summed E-state index contributed by atoms with van der Waals surface area (Å²) in [6.45, 7) is 5.50. The Balaban J connectivity index is 2.76. The van der Waals surface area contributed by atoms with E-state index in [1.165, 1.54) is 0 Å². The fourth-order valence-electron chi connectivity index (χ4n) is 1.45. The molecule has 0 saturated carbocycles. The zero-order valence-electron chi connectivity index (χ0n) is 11.1. The molecule has 0 radical (unpaired) electrons. The normalized spacial score (nSPS) is 12.2. The van der Waals surface area contributed by atoms with Gasteiger partial charge >= 0.3 is 0 Å². The van der Waals surface area contributed by atoms with Crippen molar-refractivity contribution in [3.8, 4) is 0 Å². The molecule has 1 aromatic heterocycles. The van der Waals surface area contributed by atoms with Crippen molar-refractivity contribution in [2.45, 2.75) is 26.5 Å². The average molecular weight is 255 g/mol. The minimum atomic E-state index is 0.149. The third-order valence-electron chi connectivity index (χ3n) is 2.17. The number of methoxy groups -OCH3 is 1. The molecule has 7 heteroatoms. The van der Waals surface area contributed by atoms with Crippen molar-refractivity contribution < 1.29 is 9.47 Å². The van der Waals surface area contributed by atoms with Crippen molar-refractivity contribution in [1.29, 1.82) is 0 Å². The van der Waals surface area contributed by atoms with E-state index in [9.17, 15) is 0 Å². The van der Waals surface area contributed by atoms with Crippen LogP contribution in [0.3, 0.4) is 0 Å². The van der Waals surface area contributed by atoms with Crippen LogP contribution in [0.15, 0.2) is 6.07 Å². The van der Waals surface area contributed by atoms with E-state index in [2.05, 4.69) is 20.7 Å². The molecule has 0 aliphatic carbocycles. The summed E-state index contributed by atoms with van der Waals surface area (Å²) in [6.07, 6.45) is 0. The van der Waals surface area contributed by atoms with Gasteiger partial charge in [0.15, 0.2) is 5.82 Å². The van der Waals surface area contributed by atoms with Gasteiger partial charge in [0, 0.05) is 25.8 Å². The highest BCUT2D eigenvalue weighted by atomic mass is 16.5. The first-order chi connectivity index (χ1) is 8.69. The van der Waals surface area contributed by atoms with Crippen molar-refractivity contribution in [3.05, 3.63) is 11.9 Å². The van der Waals surface area contributed by atoms with Crippen LogP contribution in [0.2, 0.25) is 0 Å². The van der Waals surface area contributed by atoms with Crippen LogP contribution >= 0.6 is 0 Å². The molecule has 1 atom stereocenters. The lowest BCUT2D eigenvalue weighted by molar-refractivity contribution is 0.128. The Hall–Kier alpha value is -1.44. The second kappa shape index (κ2) is 7.80. The van der Waals surface area contributed by atoms with Crippen molar-refractivity contribution >= 4 is 11.6 Å². The molecule has 0 aliphatic heterocycles. The highest BCUT2D eigenvalue weighted by Gasteiger charge is 2.07. The topological polar surface area (TPSA) is 94.3 Å². The quantitative estimate of drug-likeness (QED) is 0.466. The number of aromatic nitrogens is 2.